The summed E-state index contributed by atoms with van der Waals surface area (Å²) in [6.07, 6.45) is 3.18. The Morgan fingerprint density at radius 3 is 2.78 bits per heavy atom. The number of anilines is 1. The summed E-state index contributed by atoms with van der Waals surface area (Å²) >= 11 is 0. The molecule has 8 heteroatoms. The summed E-state index contributed by atoms with van der Waals surface area (Å²) in [7, 11) is 0. The molecule has 0 aliphatic rings. The molecule has 2 aromatic heterocycles. The van der Waals surface area contributed by atoms with Crippen LogP contribution in [0.15, 0.2) is 42.9 Å². The van der Waals surface area contributed by atoms with Gasteiger partial charge in [-0.15, -0.1) is 0 Å². The van der Waals surface area contributed by atoms with Gasteiger partial charge in [-0.05, 0) is 26.0 Å². The summed E-state index contributed by atoms with van der Waals surface area (Å²) in [5.41, 5.74) is 2.31. The zero-order valence-electron chi connectivity index (χ0n) is 12.8. The molecule has 1 unspecified atom stereocenters. The number of hydrogen-bond donors (Lipinski definition) is 3. The third kappa shape index (κ3) is 3.37. The summed E-state index contributed by atoms with van der Waals surface area (Å²) < 4.78 is 1.73. The first-order valence-corrected chi connectivity index (χ1v) is 7.18. The van der Waals surface area contributed by atoms with E-state index in [0.717, 1.165) is 11.4 Å². The summed E-state index contributed by atoms with van der Waals surface area (Å²) in [5, 5.41) is 16.5. The minimum atomic E-state index is -0.329. The van der Waals surface area contributed by atoms with Crippen molar-refractivity contribution in [3.63, 3.8) is 0 Å². The molecule has 0 radical (unpaired) electrons. The highest BCUT2D eigenvalue weighted by atomic mass is 16.2. The fourth-order valence-corrected chi connectivity index (χ4v) is 2.14. The molecule has 0 spiro atoms. The van der Waals surface area contributed by atoms with Crippen LogP contribution in [0.1, 0.15) is 24.5 Å². The van der Waals surface area contributed by atoms with Crippen LogP contribution in [-0.2, 0) is 0 Å². The molecule has 0 saturated carbocycles. The van der Waals surface area contributed by atoms with Crippen LogP contribution in [0.4, 0.5) is 10.5 Å². The van der Waals surface area contributed by atoms with Crippen LogP contribution in [-0.4, -0.2) is 31.0 Å². The maximum absolute atomic E-state index is 12.1. The van der Waals surface area contributed by atoms with Gasteiger partial charge in [-0.25, -0.2) is 14.5 Å². The van der Waals surface area contributed by atoms with Crippen molar-refractivity contribution in [2.24, 2.45) is 0 Å². The molecule has 1 aromatic carbocycles. The number of hydrogen-bond acceptors (Lipinski definition) is 4. The minimum absolute atomic E-state index is 0.276. The Balaban J connectivity index is 1.68. The third-order valence-electron chi connectivity index (χ3n) is 3.36. The number of aromatic amines is 1. The molecule has 0 aliphatic heterocycles. The number of amides is 2. The molecule has 118 valence electrons. The highest BCUT2D eigenvalue weighted by Gasteiger charge is 2.14. The van der Waals surface area contributed by atoms with Gasteiger partial charge in [0.2, 0.25) is 0 Å². The first-order valence-electron chi connectivity index (χ1n) is 7.18. The standard InChI is InChI=1S/C15H17N7O/c1-10-13(8-22(21-10)12-6-4-3-5-7-12)19-15(23)18-11(2)14-16-9-17-20-14/h3-9,11H,1-2H3,(H,16,17,20)(H2,18,19,23). The van der Waals surface area contributed by atoms with E-state index in [2.05, 4.69) is 30.9 Å². The summed E-state index contributed by atoms with van der Waals surface area (Å²) in [6, 6.07) is 9.10. The Bertz CT molecular complexity index is 780. The van der Waals surface area contributed by atoms with E-state index in [4.69, 9.17) is 0 Å². The maximum atomic E-state index is 12.1. The van der Waals surface area contributed by atoms with E-state index in [1.807, 2.05) is 44.2 Å². The number of benzene rings is 1. The van der Waals surface area contributed by atoms with Gasteiger partial charge < -0.3 is 10.6 Å². The summed E-state index contributed by atoms with van der Waals surface area (Å²) in [5.74, 6) is 0.594. The number of nitrogens with zero attached hydrogens (tertiary/aromatic N) is 4. The van der Waals surface area contributed by atoms with Crippen molar-refractivity contribution in [3.05, 3.63) is 54.4 Å². The number of carbonyl (C=O) groups is 1. The number of rotatable bonds is 4. The molecule has 3 N–H and O–H groups in total. The van der Waals surface area contributed by atoms with Crippen LogP contribution in [0.5, 0.6) is 0 Å². The maximum Gasteiger partial charge on any atom is 0.319 e. The molecular formula is C15H17N7O. The molecule has 23 heavy (non-hydrogen) atoms. The predicted octanol–water partition coefficient (Wildman–Crippen LogP) is 2.18. The van der Waals surface area contributed by atoms with E-state index < -0.39 is 0 Å². The first kappa shape index (κ1) is 14.8. The second-order valence-electron chi connectivity index (χ2n) is 5.10. The van der Waals surface area contributed by atoms with E-state index >= 15 is 0 Å². The molecular weight excluding hydrogens is 294 g/mol. The second-order valence-corrected chi connectivity index (χ2v) is 5.10. The largest absolute Gasteiger partial charge is 0.328 e. The van der Waals surface area contributed by atoms with E-state index in [-0.39, 0.29) is 12.1 Å². The molecule has 0 fully saturated rings. The van der Waals surface area contributed by atoms with Crippen molar-refractivity contribution in [3.8, 4) is 5.69 Å². The quantitative estimate of drug-likeness (QED) is 0.687. The van der Waals surface area contributed by atoms with Gasteiger partial charge >= 0.3 is 6.03 Å². The van der Waals surface area contributed by atoms with E-state index in [9.17, 15) is 4.79 Å². The molecule has 1 atom stereocenters. The van der Waals surface area contributed by atoms with Gasteiger partial charge in [-0.1, -0.05) is 18.2 Å². The fraction of sp³-hybridized carbons (Fsp3) is 0.200. The molecule has 8 nitrogen and oxygen atoms in total. The Hall–Kier alpha value is -3.16. The van der Waals surface area contributed by atoms with Gasteiger partial charge in [0.15, 0.2) is 0 Å². The van der Waals surface area contributed by atoms with Crippen LogP contribution in [0.2, 0.25) is 0 Å². The van der Waals surface area contributed by atoms with Crippen LogP contribution >= 0.6 is 0 Å². The van der Waals surface area contributed by atoms with Gasteiger partial charge in [-0.3, -0.25) is 5.10 Å². The van der Waals surface area contributed by atoms with Gasteiger partial charge in [0.25, 0.3) is 0 Å². The third-order valence-corrected chi connectivity index (χ3v) is 3.36. The lowest BCUT2D eigenvalue weighted by Gasteiger charge is -2.11. The summed E-state index contributed by atoms with van der Waals surface area (Å²) in [4.78, 5) is 16.1. The molecule has 2 heterocycles. The van der Waals surface area contributed by atoms with Crippen LogP contribution in [0.25, 0.3) is 5.69 Å². The zero-order chi connectivity index (χ0) is 16.2. The van der Waals surface area contributed by atoms with Crippen LogP contribution < -0.4 is 10.6 Å². The van der Waals surface area contributed by atoms with E-state index in [1.165, 1.54) is 6.33 Å². The lowest BCUT2D eigenvalue weighted by Crippen LogP contribution is -2.31. The SMILES string of the molecule is Cc1nn(-c2ccccc2)cc1NC(=O)NC(C)c1ncn[nH]1. The Kier molecular flexibility index (Phi) is 4.05. The number of carbonyl (C=O) groups excluding carboxylic acids is 1. The van der Waals surface area contributed by atoms with Crippen LogP contribution in [0, 0.1) is 6.92 Å². The van der Waals surface area contributed by atoms with Gasteiger partial charge in [0.05, 0.1) is 29.3 Å². The highest BCUT2D eigenvalue weighted by molar-refractivity contribution is 5.89. The predicted molar refractivity (Wildman–Crippen MR) is 85.3 cm³/mol. The number of aryl methyl sites for hydroxylation is 1. The molecule has 0 saturated heterocycles. The average Bonchev–Trinajstić information content (AvgIpc) is 3.19. The van der Waals surface area contributed by atoms with Crippen molar-refractivity contribution in [2.75, 3.05) is 5.32 Å². The van der Waals surface area contributed by atoms with Crippen LogP contribution in [0.3, 0.4) is 0 Å². The topological polar surface area (TPSA) is 101 Å². The Labute approximate surface area is 132 Å². The van der Waals surface area contributed by atoms with Gasteiger partial charge in [0.1, 0.15) is 12.2 Å². The Morgan fingerprint density at radius 2 is 2.09 bits per heavy atom. The lowest BCUT2D eigenvalue weighted by atomic mass is 10.3. The number of aromatic nitrogens is 5. The van der Waals surface area contributed by atoms with E-state index in [1.54, 1.807) is 10.9 Å². The second kappa shape index (κ2) is 6.30. The normalized spacial score (nSPS) is 11.9. The van der Waals surface area contributed by atoms with Crippen molar-refractivity contribution in [2.45, 2.75) is 19.9 Å². The molecule has 0 aliphatic carbocycles. The zero-order valence-corrected chi connectivity index (χ0v) is 12.8. The fourth-order valence-electron chi connectivity index (χ4n) is 2.14. The number of para-hydroxylation sites is 1. The van der Waals surface area contributed by atoms with Crippen molar-refractivity contribution in [1.82, 2.24) is 30.3 Å². The Morgan fingerprint density at radius 1 is 1.30 bits per heavy atom. The summed E-state index contributed by atoms with van der Waals surface area (Å²) in [6.45, 7) is 3.66. The van der Waals surface area contributed by atoms with Crippen molar-refractivity contribution < 1.29 is 4.79 Å². The molecule has 0 bridgehead atoms. The first-order chi connectivity index (χ1) is 11.1. The number of H-pyrrole nitrogens is 1. The smallest absolute Gasteiger partial charge is 0.319 e. The van der Waals surface area contributed by atoms with Gasteiger partial charge in [-0.2, -0.15) is 10.2 Å². The average molecular weight is 311 g/mol. The number of urea groups is 1. The van der Waals surface area contributed by atoms with Crippen molar-refractivity contribution >= 4 is 11.7 Å². The monoisotopic (exact) mass is 311 g/mol. The lowest BCUT2D eigenvalue weighted by molar-refractivity contribution is 0.249. The molecule has 2 amide bonds. The number of nitrogens with one attached hydrogen (secondary N) is 3. The molecule has 3 rings (SSSR count). The minimum Gasteiger partial charge on any atom is -0.328 e. The van der Waals surface area contributed by atoms with Crippen molar-refractivity contribution in [1.29, 1.82) is 0 Å². The highest BCUT2D eigenvalue weighted by Crippen LogP contribution is 2.16. The van der Waals surface area contributed by atoms with E-state index in [0.29, 0.717) is 11.5 Å². The van der Waals surface area contributed by atoms with Gasteiger partial charge in [0, 0.05) is 0 Å². The molecule has 3 aromatic rings.